The van der Waals surface area contributed by atoms with Crippen LogP contribution in [0.25, 0.3) is 0 Å². The predicted molar refractivity (Wildman–Crippen MR) is 71.4 cm³/mol. The first-order valence-corrected chi connectivity index (χ1v) is 6.01. The molecule has 0 radical (unpaired) electrons. The number of hydrogen-bond donors (Lipinski definition) is 2. The van der Waals surface area contributed by atoms with Crippen LogP contribution >= 0.6 is 11.6 Å². The van der Waals surface area contributed by atoms with Crippen molar-refractivity contribution in [3.63, 3.8) is 0 Å². The summed E-state index contributed by atoms with van der Waals surface area (Å²) in [5, 5.41) is 6.45. The molecule has 3 nitrogen and oxygen atoms in total. The number of amides is 1. The molecule has 0 unspecified atom stereocenters. The molecule has 1 rings (SSSR count). The second kappa shape index (κ2) is 6.03. The molecular formula is C13H19ClN2O. The third-order valence-electron chi connectivity index (χ3n) is 2.69. The Morgan fingerprint density at radius 2 is 1.88 bits per heavy atom. The Morgan fingerprint density at radius 3 is 2.41 bits per heavy atom. The van der Waals surface area contributed by atoms with Crippen LogP contribution in [0.4, 0.5) is 0 Å². The molecule has 17 heavy (non-hydrogen) atoms. The van der Waals surface area contributed by atoms with Crippen molar-refractivity contribution in [2.45, 2.75) is 19.3 Å². The Labute approximate surface area is 108 Å². The summed E-state index contributed by atoms with van der Waals surface area (Å²) >= 11 is 5.85. The molecule has 0 bridgehead atoms. The van der Waals surface area contributed by atoms with Crippen LogP contribution in [-0.4, -0.2) is 26.0 Å². The molecule has 0 spiro atoms. The quantitative estimate of drug-likeness (QED) is 0.843. The zero-order chi connectivity index (χ0) is 12.9. The molecule has 0 aromatic heterocycles. The summed E-state index contributed by atoms with van der Waals surface area (Å²) in [7, 11) is 1.75. The van der Waals surface area contributed by atoms with Gasteiger partial charge < -0.3 is 10.6 Å². The summed E-state index contributed by atoms with van der Waals surface area (Å²) in [4.78, 5) is 11.4. The zero-order valence-electron chi connectivity index (χ0n) is 10.5. The van der Waals surface area contributed by atoms with Crippen molar-refractivity contribution in [1.82, 2.24) is 10.6 Å². The summed E-state index contributed by atoms with van der Waals surface area (Å²) < 4.78 is 0. The molecule has 4 heteroatoms. The van der Waals surface area contributed by atoms with Crippen molar-refractivity contribution < 1.29 is 4.79 Å². The van der Waals surface area contributed by atoms with E-state index in [9.17, 15) is 4.79 Å². The van der Waals surface area contributed by atoms with Crippen molar-refractivity contribution in [2.75, 3.05) is 20.1 Å². The Kier molecular flexibility index (Phi) is 4.97. The van der Waals surface area contributed by atoms with Crippen LogP contribution in [0.3, 0.4) is 0 Å². The normalized spacial score (nSPS) is 11.3. The van der Waals surface area contributed by atoms with Gasteiger partial charge in [-0.05, 0) is 24.7 Å². The topological polar surface area (TPSA) is 41.1 Å². The molecule has 0 aliphatic carbocycles. The van der Waals surface area contributed by atoms with Gasteiger partial charge >= 0.3 is 0 Å². The van der Waals surface area contributed by atoms with Crippen LogP contribution in [0.5, 0.6) is 0 Å². The van der Waals surface area contributed by atoms with E-state index in [1.807, 2.05) is 24.3 Å². The number of rotatable bonds is 5. The number of likely N-dealkylation sites (N-methyl/N-ethyl adjacent to an activating group) is 1. The van der Waals surface area contributed by atoms with Crippen LogP contribution in [0, 0.1) is 0 Å². The van der Waals surface area contributed by atoms with E-state index in [1.165, 1.54) is 0 Å². The lowest BCUT2D eigenvalue weighted by molar-refractivity contribution is -0.120. The van der Waals surface area contributed by atoms with E-state index in [4.69, 9.17) is 11.6 Å². The SMILES string of the molecule is CNCC(=O)NCC(C)(C)c1ccc(Cl)cc1. The summed E-state index contributed by atoms with van der Waals surface area (Å²) in [6, 6.07) is 7.72. The van der Waals surface area contributed by atoms with E-state index in [0.717, 1.165) is 10.6 Å². The molecule has 0 saturated carbocycles. The Balaban J connectivity index is 2.61. The summed E-state index contributed by atoms with van der Waals surface area (Å²) in [5.41, 5.74) is 1.06. The second-order valence-corrected chi connectivity index (χ2v) is 5.13. The maximum Gasteiger partial charge on any atom is 0.233 e. The van der Waals surface area contributed by atoms with Crippen LogP contribution < -0.4 is 10.6 Å². The zero-order valence-corrected chi connectivity index (χ0v) is 11.3. The van der Waals surface area contributed by atoms with Gasteiger partial charge in [0.1, 0.15) is 0 Å². The Hall–Kier alpha value is -1.06. The molecule has 2 N–H and O–H groups in total. The van der Waals surface area contributed by atoms with Gasteiger partial charge in [0, 0.05) is 17.0 Å². The number of nitrogens with one attached hydrogen (secondary N) is 2. The fourth-order valence-electron chi connectivity index (χ4n) is 1.55. The third kappa shape index (κ3) is 4.36. The van der Waals surface area contributed by atoms with Gasteiger partial charge in [0.25, 0.3) is 0 Å². The minimum Gasteiger partial charge on any atom is -0.354 e. The maximum atomic E-state index is 11.4. The molecule has 1 aromatic carbocycles. The molecule has 0 atom stereocenters. The molecule has 0 aliphatic rings. The molecule has 0 saturated heterocycles. The van der Waals surface area contributed by atoms with E-state index in [0.29, 0.717) is 13.1 Å². The Bertz CT molecular complexity index is 374. The lowest BCUT2D eigenvalue weighted by atomic mass is 9.84. The first-order chi connectivity index (χ1) is 7.95. The number of halogens is 1. The van der Waals surface area contributed by atoms with Gasteiger partial charge in [-0.3, -0.25) is 4.79 Å². The highest BCUT2D eigenvalue weighted by Crippen LogP contribution is 2.23. The number of carbonyl (C=O) groups excluding carboxylic acids is 1. The minimum absolute atomic E-state index is 0.00883. The van der Waals surface area contributed by atoms with Crippen LogP contribution in [0.15, 0.2) is 24.3 Å². The van der Waals surface area contributed by atoms with Gasteiger partial charge in [-0.25, -0.2) is 0 Å². The van der Waals surface area contributed by atoms with Gasteiger partial charge in [0.15, 0.2) is 0 Å². The lowest BCUT2D eigenvalue weighted by Gasteiger charge is -2.25. The minimum atomic E-state index is -0.103. The Morgan fingerprint density at radius 1 is 1.29 bits per heavy atom. The molecule has 1 aromatic rings. The smallest absolute Gasteiger partial charge is 0.233 e. The molecule has 94 valence electrons. The van der Waals surface area contributed by atoms with Crippen LogP contribution in [0.1, 0.15) is 19.4 Å². The molecular weight excluding hydrogens is 236 g/mol. The van der Waals surface area contributed by atoms with E-state index >= 15 is 0 Å². The second-order valence-electron chi connectivity index (χ2n) is 4.70. The van der Waals surface area contributed by atoms with Gasteiger partial charge in [0.05, 0.1) is 6.54 Å². The molecule has 0 aliphatic heterocycles. The van der Waals surface area contributed by atoms with Crippen LogP contribution in [0.2, 0.25) is 5.02 Å². The van der Waals surface area contributed by atoms with Gasteiger partial charge in [-0.1, -0.05) is 37.6 Å². The number of carbonyl (C=O) groups is 1. The van der Waals surface area contributed by atoms with Crippen molar-refractivity contribution >= 4 is 17.5 Å². The van der Waals surface area contributed by atoms with Crippen molar-refractivity contribution in [2.24, 2.45) is 0 Å². The van der Waals surface area contributed by atoms with Gasteiger partial charge in [-0.15, -0.1) is 0 Å². The maximum absolute atomic E-state index is 11.4. The van der Waals surface area contributed by atoms with E-state index in [-0.39, 0.29) is 11.3 Å². The lowest BCUT2D eigenvalue weighted by Crippen LogP contribution is -2.40. The predicted octanol–water partition coefficient (Wildman–Crippen LogP) is 1.95. The summed E-state index contributed by atoms with van der Waals surface area (Å²) in [6.07, 6.45) is 0. The van der Waals surface area contributed by atoms with E-state index in [1.54, 1.807) is 7.05 Å². The first-order valence-electron chi connectivity index (χ1n) is 5.63. The number of hydrogen-bond acceptors (Lipinski definition) is 2. The fraction of sp³-hybridized carbons (Fsp3) is 0.462. The highest BCUT2D eigenvalue weighted by Gasteiger charge is 2.21. The van der Waals surface area contributed by atoms with Crippen molar-refractivity contribution in [3.05, 3.63) is 34.9 Å². The highest BCUT2D eigenvalue weighted by atomic mass is 35.5. The number of benzene rings is 1. The van der Waals surface area contributed by atoms with Crippen LogP contribution in [-0.2, 0) is 10.2 Å². The molecule has 0 heterocycles. The standard InChI is InChI=1S/C13H19ClN2O/c1-13(2,9-16-12(17)8-15-3)10-4-6-11(14)7-5-10/h4-7,15H,8-9H2,1-3H3,(H,16,17). The van der Waals surface area contributed by atoms with Gasteiger partial charge in [0.2, 0.25) is 5.91 Å². The monoisotopic (exact) mass is 254 g/mol. The van der Waals surface area contributed by atoms with Crippen molar-refractivity contribution in [1.29, 1.82) is 0 Å². The first kappa shape index (κ1) is 14.0. The average molecular weight is 255 g/mol. The van der Waals surface area contributed by atoms with E-state index in [2.05, 4.69) is 24.5 Å². The summed E-state index contributed by atoms with van der Waals surface area (Å²) in [6.45, 7) is 5.14. The molecule has 1 amide bonds. The average Bonchev–Trinajstić information content (AvgIpc) is 2.28. The molecule has 0 fully saturated rings. The largest absolute Gasteiger partial charge is 0.354 e. The van der Waals surface area contributed by atoms with E-state index < -0.39 is 0 Å². The summed E-state index contributed by atoms with van der Waals surface area (Å²) in [5.74, 6) is 0.00883. The van der Waals surface area contributed by atoms with Crippen molar-refractivity contribution in [3.8, 4) is 0 Å². The highest BCUT2D eigenvalue weighted by molar-refractivity contribution is 6.30. The van der Waals surface area contributed by atoms with Gasteiger partial charge in [-0.2, -0.15) is 0 Å². The third-order valence-corrected chi connectivity index (χ3v) is 2.94. The fourth-order valence-corrected chi connectivity index (χ4v) is 1.67.